The highest BCUT2D eigenvalue weighted by Crippen LogP contribution is 2.30. The molecule has 3 heterocycles. The van der Waals surface area contributed by atoms with Crippen molar-refractivity contribution in [2.24, 2.45) is 0 Å². The van der Waals surface area contributed by atoms with Crippen molar-refractivity contribution in [1.29, 1.82) is 0 Å². The molecule has 2 N–H and O–H groups in total. The maximum absolute atomic E-state index is 13.0. The molecule has 1 saturated heterocycles. The number of anilines is 2. The molecule has 1 aliphatic rings. The highest BCUT2D eigenvalue weighted by Gasteiger charge is 2.24. The lowest BCUT2D eigenvalue weighted by Gasteiger charge is -2.38. The summed E-state index contributed by atoms with van der Waals surface area (Å²) in [5, 5.41) is 7.02. The molecule has 0 unspecified atom stereocenters. The van der Waals surface area contributed by atoms with E-state index in [0.717, 1.165) is 24.2 Å². The van der Waals surface area contributed by atoms with Crippen LogP contribution in [0, 0.1) is 0 Å². The molecule has 1 amide bonds. The van der Waals surface area contributed by atoms with Crippen molar-refractivity contribution < 1.29 is 14.3 Å². The Bertz CT molecular complexity index is 1080. The number of carbonyl (C=O) groups excluding carboxylic acids is 1. The molecule has 3 aromatic rings. The summed E-state index contributed by atoms with van der Waals surface area (Å²) in [5.41, 5.74) is 1.87. The van der Waals surface area contributed by atoms with Crippen molar-refractivity contribution in [2.45, 2.75) is 25.9 Å². The van der Waals surface area contributed by atoms with E-state index < -0.39 is 0 Å². The number of aromatic nitrogens is 4. The number of amides is 1. The van der Waals surface area contributed by atoms with E-state index in [0.29, 0.717) is 28.9 Å². The molecule has 4 rings (SSSR count). The van der Waals surface area contributed by atoms with Crippen LogP contribution in [0.25, 0.3) is 10.9 Å². The van der Waals surface area contributed by atoms with E-state index in [2.05, 4.69) is 49.3 Å². The smallest absolute Gasteiger partial charge is 0.316 e. The van der Waals surface area contributed by atoms with Gasteiger partial charge in [0.25, 0.3) is 5.91 Å². The van der Waals surface area contributed by atoms with Gasteiger partial charge in [-0.3, -0.25) is 10.1 Å². The number of carbonyl (C=O) groups is 1. The van der Waals surface area contributed by atoms with E-state index in [1.54, 1.807) is 12.3 Å². The fourth-order valence-electron chi connectivity index (χ4n) is 3.83. The van der Waals surface area contributed by atoms with Crippen LogP contribution in [0.2, 0.25) is 0 Å². The van der Waals surface area contributed by atoms with Gasteiger partial charge in [0.1, 0.15) is 0 Å². The first kappa shape index (κ1) is 20.7. The second-order valence-electron chi connectivity index (χ2n) is 7.53. The van der Waals surface area contributed by atoms with Crippen LogP contribution in [0.1, 0.15) is 24.2 Å². The summed E-state index contributed by atoms with van der Waals surface area (Å²) >= 11 is 0. The number of rotatable bonds is 5. The minimum atomic E-state index is -0.371. The van der Waals surface area contributed by atoms with Gasteiger partial charge in [0.15, 0.2) is 5.75 Å². The highest BCUT2D eigenvalue weighted by molar-refractivity contribution is 6.13. The highest BCUT2D eigenvalue weighted by atomic mass is 16.5. The van der Waals surface area contributed by atoms with E-state index >= 15 is 0 Å². The Kier molecular flexibility index (Phi) is 5.81. The van der Waals surface area contributed by atoms with Crippen molar-refractivity contribution >= 4 is 28.4 Å². The number of nitrogens with one attached hydrogen (secondary N) is 2. The fourth-order valence-corrected chi connectivity index (χ4v) is 3.83. The quantitative estimate of drug-likeness (QED) is 0.635. The average molecular weight is 423 g/mol. The number of ether oxygens (including phenoxy) is 2. The number of fused-ring (bicyclic) bond motifs is 1. The standard InChI is InChI=1S/C21H25N7O3/c1-12-10-28(11-13(2)25-12)17-6-5-15(18-16(17)9-24-21(26-18)31-4)19(29)27-20-22-7-14(30-3)8-23-20/h5-9,12-13,25H,10-11H2,1-4H3,(H,22,23,27,29)/t12-,13+. The Balaban J connectivity index is 1.72. The summed E-state index contributed by atoms with van der Waals surface area (Å²) in [6, 6.07) is 4.58. The van der Waals surface area contributed by atoms with Crippen molar-refractivity contribution in [3.05, 3.63) is 36.3 Å². The predicted molar refractivity (Wildman–Crippen MR) is 117 cm³/mol. The van der Waals surface area contributed by atoms with E-state index in [1.807, 2.05) is 6.07 Å². The molecular formula is C21H25N7O3. The Morgan fingerprint density at radius 1 is 1.06 bits per heavy atom. The first-order valence-corrected chi connectivity index (χ1v) is 10.0. The molecule has 1 aromatic carbocycles. The lowest BCUT2D eigenvalue weighted by atomic mass is 10.0. The summed E-state index contributed by atoms with van der Waals surface area (Å²) in [7, 11) is 3.02. The van der Waals surface area contributed by atoms with E-state index in [4.69, 9.17) is 9.47 Å². The zero-order valence-electron chi connectivity index (χ0n) is 17.9. The van der Waals surface area contributed by atoms with Gasteiger partial charge >= 0.3 is 6.01 Å². The summed E-state index contributed by atoms with van der Waals surface area (Å²) in [6.07, 6.45) is 4.68. The molecule has 2 aromatic heterocycles. The fraction of sp³-hybridized carbons (Fsp3) is 0.381. The monoisotopic (exact) mass is 423 g/mol. The zero-order chi connectivity index (χ0) is 22.0. The van der Waals surface area contributed by atoms with Crippen LogP contribution >= 0.6 is 0 Å². The van der Waals surface area contributed by atoms with Gasteiger partial charge in [0, 0.05) is 42.4 Å². The number of hydrogen-bond donors (Lipinski definition) is 2. The lowest BCUT2D eigenvalue weighted by molar-refractivity contribution is 0.102. The zero-order valence-corrected chi connectivity index (χ0v) is 17.9. The van der Waals surface area contributed by atoms with Crippen LogP contribution in [0.5, 0.6) is 11.8 Å². The second kappa shape index (κ2) is 8.68. The number of methoxy groups -OCH3 is 2. The molecule has 10 heteroatoms. The van der Waals surface area contributed by atoms with Gasteiger partial charge in [-0.05, 0) is 26.0 Å². The van der Waals surface area contributed by atoms with Gasteiger partial charge in [-0.15, -0.1) is 0 Å². The normalized spacial score (nSPS) is 18.6. The molecular weight excluding hydrogens is 398 g/mol. The van der Waals surface area contributed by atoms with Crippen LogP contribution in [-0.2, 0) is 0 Å². The molecule has 0 aliphatic carbocycles. The van der Waals surface area contributed by atoms with Crippen molar-refractivity contribution in [3.8, 4) is 11.8 Å². The van der Waals surface area contributed by atoms with Crippen molar-refractivity contribution in [1.82, 2.24) is 25.3 Å². The molecule has 0 bridgehead atoms. The number of hydrogen-bond acceptors (Lipinski definition) is 9. The van der Waals surface area contributed by atoms with Gasteiger partial charge in [-0.1, -0.05) is 0 Å². The lowest BCUT2D eigenvalue weighted by Crippen LogP contribution is -2.54. The number of benzene rings is 1. The third-order valence-corrected chi connectivity index (χ3v) is 5.12. The van der Waals surface area contributed by atoms with Gasteiger partial charge in [0.05, 0.1) is 37.7 Å². The Hall–Kier alpha value is -3.53. The van der Waals surface area contributed by atoms with Crippen LogP contribution in [0.4, 0.5) is 11.6 Å². The van der Waals surface area contributed by atoms with E-state index in [1.165, 1.54) is 26.6 Å². The minimum Gasteiger partial charge on any atom is -0.494 e. The number of nitrogens with zero attached hydrogens (tertiary/aromatic N) is 5. The van der Waals surface area contributed by atoms with Gasteiger partial charge < -0.3 is 19.7 Å². The number of piperazine rings is 1. The predicted octanol–water partition coefficient (Wildman–Crippen LogP) is 1.88. The van der Waals surface area contributed by atoms with Crippen LogP contribution < -0.4 is 25.0 Å². The molecule has 10 nitrogen and oxygen atoms in total. The van der Waals surface area contributed by atoms with Gasteiger partial charge in [-0.2, -0.15) is 4.98 Å². The molecule has 0 spiro atoms. The maximum atomic E-state index is 13.0. The third-order valence-electron chi connectivity index (χ3n) is 5.12. The van der Waals surface area contributed by atoms with E-state index in [9.17, 15) is 4.79 Å². The topological polar surface area (TPSA) is 114 Å². The van der Waals surface area contributed by atoms with Crippen LogP contribution in [0.15, 0.2) is 30.7 Å². The molecule has 0 saturated carbocycles. The molecule has 1 fully saturated rings. The average Bonchev–Trinajstić information content (AvgIpc) is 2.77. The summed E-state index contributed by atoms with van der Waals surface area (Å²) in [5.74, 6) is 0.308. The largest absolute Gasteiger partial charge is 0.494 e. The van der Waals surface area contributed by atoms with Crippen LogP contribution in [0.3, 0.4) is 0 Å². The van der Waals surface area contributed by atoms with Crippen LogP contribution in [-0.4, -0.2) is 65.2 Å². The minimum absolute atomic E-state index is 0.175. The van der Waals surface area contributed by atoms with Gasteiger partial charge in [-0.25, -0.2) is 15.0 Å². The molecule has 1 aliphatic heterocycles. The Labute approximate surface area is 180 Å². The molecule has 0 radical (unpaired) electrons. The summed E-state index contributed by atoms with van der Waals surface area (Å²) < 4.78 is 10.3. The summed E-state index contributed by atoms with van der Waals surface area (Å²) in [4.78, 5) is 32.3. The van der Waals surface area contributed by atoms with Crippen molar-refractivity contribution in [2.75, 3.05) is 37.5 Å². The van der Waals surface area contributed by atoms with Gasteiger partial charge in [0.2, 0.25) is 5.95 Å². The van der Waals surface area contributed by atoms with E-state index in [-0.39, 0.29) is 17.9 Å². The molecule has 162 valence electrons. The third kappa shape index (κ3) is 4.33. The first-order chi connectivity index (χ1) is 15.0. The summed E-state index contributed by atoms with van der Waals surface area (Å²) in [6.45, 7) is 6.00. The maximum Gasteiger partial charge on any atom is 0.316 e. The molecule has 2 atom stereocenters. The first-order valence-electron chi connectivity index (χ1n) is 10.0. The Morgan fingerprint density at radius 3 is 2.42 bits per heavy atom. The molecule has 31 heavy (non-hydrogen) atoms. The Morgan fingerprint density at radius 2 is 1.77 bits per heavy atom. The second-order valence-corrected chi connectivity index (χ2v) is 7.53. The van der Waals surface area contributed by atoms with Crippen molar-refractivity contribution in [3.63, 3.8) is 0 Å². The SMILES string of the molecule is COc1cnc(NC(=O)c2ccc(N3C[C@@H](C)N[C@@H](C)C3)c3cnc(OC)nc23)nc1.